The first-order valence-corrected chi connectivity index (χ1v) is 5.74. The summed E-state index contributed by atoms with van der Waals surface area (Å²) in [6, 6.07) is 6.14. The van der Waals surface area contributed by atoms with Crippen molar-refractivity contribution < 1.29 is 9.53 Å². The Bertz CT molecular complexity index is 531. The fraction of sp³-hybridized carbons (Fsp3) is 0.385. The van der Waals surface area contributed by atoms with E-state index >= 15 is 0 Å². The van der Waals surface area contributed by atoms with Crippen LogP contribution in [0.4, 0.5) is 0 Å². The van der Waals surface area contributed by atoms with Gasteiger partial charge < -0.3 is 9.72 Å². The zero-order valence-electron chi connectivity index (χ0n) is 10.1. The van der Waals surface area contributed by atoms with Crippen molar-refractivity contribution in [1.29, 1.82) is 0 Å². The number of aromatic nitrogens is 2. The number of imidazole rings is 1. The summed E-state index contributed by atoms with van der Waals surface area (Å²) >= 11 is 0. The minimum absolute atomic E-state index is 0.231. The van der Waals surface area contributed by atoms with Gasteiger partial charge in [0.25, 0.3) is 0 Å². The van der Waals surface area contributed by atoms with Gasteiger partial charge in [-0.25, -0.2) is 4.98 Å². The van der Waals surface area contributed by atoms with Crippen molar-refractivity contribution in [2.75, 3.05) is 6.61 Å². The number of benzene rings is 1. The molecule has 0 saturated heterocycles. The molecule has 2 rings (SSSR count). The zero-order chi connectivity index (χ0) is 12.3. The molecule has 1 N–H and O–H groups in total. The van der Waals surface area contributed by atoms with Crippen molar-refractivity contribution in [3.63, 3.8) is 0 Å². The summed E-state index contributed by atoms with van der Waals surface area (Å²) in [6.07, 6.45) is 1.58. The first-order chi connectivity index (χ1) is 8.15. The SMILES string of the molecule is CC(=O)OCCCc1nc2ccc(C)cc2[nH]1. The number of fused-ring (bicyclic) bond motifs is 1. The molecule has 17 heavy (non-hydrogen) atoms. The Kier molecular flexibility index (Phi) is 3.42. The average Bonchev–Trinajstić information content (AvgIpc) is 2.66. The molecule has 0 amide bonds. The number of aryl methyl sites for hydroxylation is 2. The van der Waals surface area contributed by atoms with Gasteiger partial charge in [0, 0.05) is 13.3 Å². The molecule has 0 atom stereocenters. The monoisotopic (exact) mass is 232 g/mol. The van der Waals surface area contributed by atoms with Crippen molar-refractivity contribution in [1.82, 2.24) is 9.97 Å². The van der Waals surface area contributed by atoms with Crippen molar-refractivity contribution in [2.45, 2.75) is 26.7 Å². The number of hydrogen-bond donors (Lipinski definition) is 1. The summed E-state index contributed by atoms with van der Waals surface area (Å²) in [6.45, 7) is 3.93. The van der Waals surface area contributed by atoms with Crippen molar-refractivity contribution >= 4 is 17.0 Å². The van der Waals surface area contributed by atoms with Gasteiger partial charge in [0.15, 0.2) is 0 Å². The maximum absolute atomic E-state index is 10.6. The molecule has 0 aliphatic heterocycles. The van der Waals surface area contributed by atoms with Crippen LogP contribution in [0.15, 0.2) is 18.2 Å². The number of ether oxygens (including phenoxy) is 1. The van der Waals surface area contributed by atoms with Crippen LogP contribution in [0, 0.1) is 6.92 Å². The molecule has 1 aromatic carbocycles. The number of aromatic amines is 1. The second-order valence-corrected chi connectivity index (χ2v) is 4.15. The Hall–Kier alpha value is -1.84. The number of esters is 1. The lowest BCUT2D eigenvalue weighted by Crippen LogP contribution is -2.02. The van der Waals surface area contributed by atoms with Crippen LogP contribution in [-0.2, 0) is 16.0 Å². The van der Waals surface area contributed by atoms with E-state index < -0.39 is 0 Å². The van der Waals surface area contributed by atoms with Crippen molar-refractivity contribution in [2.24, 2.45) is 0 Å². The first kappa shape index (κ1) is 11.6. The van der Waals surface area contributed by atoms with Crippen molar-refractivity contribution in [3.05, 3.63) is 29.6 Å². The minimum atomic E-state index is -0.231. The lowest BCUT2D eigenvalue weighted by atomic mass is 10.2. The summed E-state index contributed by atoms with van der Waals surface area (Å²) in [7, 11) is 0. The molecule has 0 fully saturated rings. The summed E-state index contributed by atoms with van der Waals surface area (Å²) in [5.74, 6) is 0.711. The summed E-state index contributed by atoms with van der Waals surface area (Å²) in [5.41, 5.74) is 3.26. The Labute approximate surface area is 100 Å². The predicted octanol–water partition coefficient (Wildman–Crippen LogP) is 2.37. The topological polar surface area (TPSA) is 55.0 Å². The molecule has 0 saturated carbocycles. The molecule has 0 radical (unpaired) electrons. The standard InChI is InChI=1S/C13H16N2O2/c1-9-5-6-11-12(8-9)15-13(14-11)4-3-7-17-10(2)16/h5-6,8H,3-4,7H2,1-2H3,(H,14,15). The average molecular weight is 232 g/mol. The highest BCUT2D eigenvalue weighted by molar-refractivity contribution is 5.75. The van der Waals surface area contributed by atoms with E-state index in [9.17, 15) is 4.79 Å². The van der Waals surface area contributed by atoms with Crippen LogP contribution < -0.4 is 0 Å². The number of nitrogens with one attached hydrogen (secondary N) is 1. The molecule has 0 unspecified atom stereocenters. The third-order valence-electron chi connectivity index (χ3n) is 2.55. The van der Waals surface area contributed by atoms with Gasteiger partial charge in [-0.05, 0) is 31.0 Å². The van der Waals surface area contributed by atoms with Crippen molar-refractivity contribution in [3.8, 4) is 0 Å². The van der Waals surface area contributed by atoms with Crippen LogP contribution in [-0.4, -0.2) is 22.5 Å². The van der Waals surface area contributed by atoms with Gasteiger partial charge in [-0.15, -0.1) is 0 Å². The summed E-state index contributed by atoms with van der Waals surface area (Å²) < 4.78 is 4.88. The molecule has 0 spiro atoms. The molecule has 2 aromatic rings. The van der Waals surface area contributed by atoms with Gasteiger partial charge in [0.2, 0.25) is 0 Å². The summed E-state index contributed by atoms with van der Waals surface area (Å²) in [4.78, 5) is 18.3. The van der Waals surface area contributed by atoms with Crippen LogP contribution in [0.3, 0.4) is 0 Å². The molecular weight excluding hydrogens is 216 g/mol. The van der Waals surface area contributed by atoms with Gasteiger partial charge >= 0.3 is 5.97 Å². The minimum Gasteiger partial charge on any atom is -0.466 e. The van der Waals surface area contributed by atoms with Gasteiger partial charge in [-0.1, -0.05) is 6.07 Å². The largest absolute Gasteiger partial charge is 0.466 e. The van der Waals surface area contributed by atoms with Crippen LogP contribution in [0.2, 0.25) is 0 Å². The highest BCUT2D eigenvalue weighted by Gasteiger charge is 2.03. The molecule has 0 bridgehead atoms. The van der Waals surface area contributed by atoms with E-state index in [2.05, 4.69) is 23.0 Å². The number of rotatable bonds is 4. The van der Waals surface area contributed by atoms with Crippen LogP contribution in [0.25, 0.3) is 11.0 Å². The fourth-order valence-corrected chi connectivity index (χ4v) is 1.75. The molecule has 0 aliphatic rings. The first-order valence-electron chi connectivity index (χ1n) is 5.74. The van der Waals surface area contributed by atoms with Gasteiger partial charge in [0.05, 0.1) is 17.6 Å². The smallest absolute Gasteiger partial charge is 0.302 e. The lowest BCUT2D eigenvalue weighted by molar-refractivity contribution is -0.141. The molecule has 4 nitrogen and oxygen atoms in total. The van der Waals surface area contributed by atoms with Gasteiger partial charge in [0.1, 0.15) is 5.82 Å². The Morgan fingerprint density at radius 1 is 1.47 bits per heavy atom. The Balaban J connectivity index is 1.97. The number of carbonyl (C=O) groups excluding carboxylic acids is 1. The molecule has 1 aromatic heterocycles. The molecule has 90 valence electrons. The second kappa shape index (κ2) is 4.99. The van der Waals surface area contributed by atoms with E-state index in [0.29, 0.717) is 6.61 Å². The molecule has 4 heteroatoms. The van der Waals surface area contributed by atoms with E-state index in [-0.39, 0.29) is 5.97 Å². The van der Waals surface area contributed by atoms with E-state index in [0.717, 1.165) is 29.7 Å². The van der Waals surface area contributed by atoms with E-state index in [1.165, 1.54) is 12.5 Å². The molecule has 1 heterocycles. The third-order valence-corrected chi connectivity index (χ3v) is 2.55. The Morgan fingerprint density at radius 2 is 2.29 bits per heavy atom. The maximum Gasteiger partial charge on any atom is 0.302 e. The van der Waals surface area contributed by atoms with Crippen LogP contribution in [0.5, 0.6) is 0 Å². The number of hydrogen-bond acceptors (Lipinski definition) is 3. The lowest BCUT2D eigenvalue weighted by Gasteiger charge is -1.99. The van der Waals surface area contributed by atoms with Gasteiger partial charge in [-0.2, -0.15) is 0 Å². The van der Waals surface area contributed by atoms with Crippen LogP contribution >= 0.6 is 0 Å². The predicted molar refractivity (Wildman–Crippen MR) is 65.8 cm³/mol. The van der Waals surface area contributed by atoms with E-state index in [1.807, 2.05) is 12.1 Å². The second-order valence-electron chi connectivity index (χ2n) is 4.15. The van der Waals surface area contributed by atoms with E-state index in [4.69, 9.17) is 4.74 Å². The molecular formula is C13H16N2O2. The number of nitrogens with zero attached hydrogens (tertiary/aromatic N) is 1. The number of H-pyrrole nitrogens is 1. The van der Waals surface area contributed by atoms with Gasteiger partial charge in [-0.3, -0.25) is 4.79 Å². The highest BCUT2D eigenvalue weighted by atomic mass is 16.5. The molecule has 0 aliphatic carbocycles. The highest BCUT2D eigenvalue weighted by Crippen LogP contribution is 2.13. The fourth-order valence-electron chi connectivity index (χ4n) is 1.75. The summed E-state index contributed by atoms with van der Waals surface area (Å²) in [5, 5.41) is 0. The number of carbonyl (C=O) groups is 1. The normalized spacial score (nSPS) is 10.7. The van der Waals surface area contributed by atoms with Crippen LogP contribution in [0.1, 0.15) is 24.7 Å². The van der Waals surface area contributed by atoms with E-state index in [1.54, 1.807) is 0 Å². The quantitative estimate of drug-likeness (QED) is 0.650. The zero-order valence-corrected chi connectivity index (χ0v) is 10.1. The Morgan fingerprint density at radius 3 is 3.06 bits per heavy atom. The third kappa shape index (κ3) is 3.06. The maximum atomic E-state index is 10.6.